The number of carbonyl (C=O) groups is 2. The summed E-state index contributed by atoms with van der Waals surface area (Å²) in [5.41, 5.74) is 0.837. The van der Waals surface area contributed by atoms with Crippen molar-refractivity contribution in [3.05, 3.63) is 60.2 Å². The van der Waals surface area contributed by atoms with Gasteiger partial charge >= 0.3 is 12.1 Å². The molecular weight excluding hydrogens is 314 g/mol. The summed E-state index contributed by atoms with van der Waals surface area (Å²) in [6, 6.07) is 16.6. The van der Waals surface area contributed by atoms with Crippen LogP contribution < -0.4 is 5.32 Å². The van der Waals surface area contributed by atoms with Crippen molar-refractivity contribution in [2.24, 2.45) is 0 Å². The van der Waals surface area contributed by atoms with Crippen LogP contribution in [0.25, 0.3) is 0 Å². The van der Waals surface area contributed by atoms with Crippen LogP contribution in [0.1, 0.15) is 12.5 Å². The van der Waals surface area contributed by atoms with Crippen molar-refractivity contribution in [2.75, 3.05) is 0 Å². The molecule has 0 aromatic heterocycles. The molecule has 0 bridgehead atoms. The minimum Gasteiger partial charge on any atom is -0.480 e. The third kappa shape index (κ3) is 5.67. The predicted molar refractivity (Wildman–Crippen MR) is 87.4 cm³/mol. The molecule has 0 aliphatic rings. The highest BCUT2D eigenvalue weighted by molar-refractivity contribution is 7.99. The first-order chi connectivity index (χ1) is 11.0. The fraction of sp³-hybridized carbons (Fsp3) is 0.176. The van der Waals surface area contributed by atoms with Crippen molar-refractivity contribution < 1.29 is 19.4 Å². The monoisotopic (exact) mass is 331 g/mol. The van der Waals surface area contributed by atoms with Crippen LogP contribution in [0.4, 0.5) is 4.79 Å². The van der Waals surface area contributed by atoms with E-state index >= 15 is 0 Å². The number of rotatable bonds is 6. The number of carboxylic acid groups (broad SMARTS) is 1. The fourth-order valence-corrected chi connectivity index (χ4v) is 2.67. The van der Waals surface area contributed by atoms with E-state index in [1.54, 1.807) is 11.8 Å². The third-order valence-electron chi connectivity index (χ3n) is 2.95. The fourth-order valence-electron chi connectivity index (χ4n) is 1.75. The van der Waals surface area contributed by atoms with Gasteiger partial charge in [0.25, 0.3) is 0 Å². The zero-order valence-electron chi connectivity index (χ0n) is 12.6. The zero-order chi connectivity index (χ0) is 16.7. The Morgan fingerprint density at radius 1 is 1.13 bits per heavy atom. The molecule has 2 aromatic carbocycles. The number of hydrogen-bond donors (Lipinski definition) is 2. The average Bonchev–Trinajstić information content (AvgIpc) is 2.54. The number of aliphatic carboxylic acids is 1. The van der Waals surface area contributed by atoms with E-state index in [-0.39, 0.29) is 6.61 Å². The first kappa shape index (κ1) is 16.9. The topological polar surface area (TPSA) is 75.6 Å². The van der Waals surface area contributed by atoms with Gasteiger partial charge in [0.1, 0.15) is 12.6 Å². The number of nitrogens with one attached hydrogen (secondary N) is 1. The summed E-state index contributed by atoms with van der Waals surface area (Å²) in [5.74, 6) is -1.11. The maximum absolute atomic E-state index is 11.5. The Hall–Kier alpha value is -2.47. The first-order valence-corrected chi connectivity index (χ1v) is 7.84. The second kappa shape index (κ2) is 8.24. The number of carboxylic acids is 1. The Kier molecular flexibility index (Phi) is 6.05. The quantitative estimate of drug-likeness (QED) is 0.847. The van der Waals surface area contributed by atoms with Gasteiger partial charge in [-0.3, -0.25) is 4.79 Å². The molecule has 1 amide bonds. The lowest BCUT2D eigenvalue weighted by atomic mass is 10.2. The van der Waals surface area contributed by atoms with Gasteiger partial charge < -0.3 is 15.2 Å². The third-order valence-corrected chi connectivity index (χ3v) is 3.95. The van der Waals surface area contributed by atoms with E-state index < -0.39 is 18.1 Å². The summed E-state index contributed by atoms with van der Waals surface area (Å²) < 4.78 is 5.03. The smallest absolute Gasteiger partial charge is 0.408 e. The molecule has 0 heterocycles. The molecule has 0 spiro atoms. The van der Waals surface area contributed by atoms with Crippen molar-refractivity contribution in [1.29, 1.82) is 0 Å². The van der Waals surface area contributed by atoms with Gasteiger partial charge in [0.05, 0.1) is 0 Å². The maximum Gasteiger partial charge on any atom is 0.408 e. The van der Waals surface area contributed by atoms with E-state index in [0.29, 0.717) is 0 Å². The van der Waals surface area contributed by atoms with Crippen molar-refractivity contribution in [1.82, 2.24) is 5.32 Å². The summed E-state index contributed by atoms with van der Waals surface area (Å²) >= 11 is 1.62. The van der Waals surface area contributed by atoms with E-state index in [1.165, 1.54) is 6.92 Å². The molecule has 5 nitrogen and oxygen atoms in total. The highest BCUT2D eigenvalue weighted by Crippen LogP contribution is 2.27. The SMILES string of the molecule is C[C@@H](NC(=O)OCc1cccc(Sc2ccccc2)c1)C(=O)O. The molecule has 0 saturated heterocycles. The molecule has 120 valence electrons. The van der Waals surface area contributed by atoms with Gasteiger partial charge in [0, 0.05) is 9.79 Å². The molecule has 0 fully saturated rings. The molecule has 0 radical (unpaired) electrons. The highest BCUT2D eigenvalue weighted by atomic mass is 32.2. The van der Waals surface area contributed by atoms with E-state index in [0.717, 1.165) is 15.4 Å². The van der Waals surface area contributed by atoms with Gasteiger partial charge in [-0.1, -0.05) is 42.1 Å². The summed E-state index contributed by atoms with van der Waals surface area (Å²) in [4.78, 5) is 24.3. The van der Waals surface area contributed by atoms with Crippen LogP contribution in [-0.2, 0) is 16.1 Å². The molecule has 6 heteroatoms. The van der Waals surface area contributed by atoms with Crippen molar-refractivity contribution in [3.8, 4) is 0 Å². The lowest BCUT2D eigenvalue weighted by Gasteiger charge is -2.10. The van der Waals surface area contributed by atoms with E-state index in [9.17, 15) is 9.59 Å². The molecule has 0 aliphatic carbocycles. The van der Waals surface area contributed by atoms with Crippen molar-refractivity contribution in [3.63, 3.8) is 0 Å². The van der Waals surface area contributed by atoms with Gasteiger partial charge in [-0.25, -0.2) is 4.79 Å². The van der Waals surface area contributed by atoms with Crippen LogP contribution in [-0.4, -0.2) is 23.2 Å². The van der Waals surface area contributed by atoms with Gasteiger partial charge in [0.15, 0.2) is 0 Å². The molecule has 1 atom stereocenters. The molecule has 0 unspecified atom stereocenters. The number of amides is 1. The van der Waals surface area contributed by atoms with Crippen molar-refractivity contribution in [2.45, 2.75) is 29.4 Å². The van der Waals surface area contributed by atoms with Gasteiger partial charge in [-0.05, 0) is 36.8 Å². The normalized spacial score (nSPS) is 11.5. The number of alkyl carbamates (subject to hydrolysis) is 1. The largest absolute Gasteiger partial charge is 0.480 e. The standard InChI is InChI=1S/C17H17NO4S/c1-12(16(19)20)18-17(21)22-11-13-6-5-9-15(10-13)23-14-7-3-2-4-8-14/h2-10,12H,11H2,1H3,(H,18,21)(H,19,20)/t12-/m1/s1. The Balaban J connectivity index is 1.90. The minimum absolute atomic E-state index is 0.0847. The minimum atomic E-state index is -1.11. The molecule has 2 rings (SSSR count). The second-order valence-corrected chi connectivity index (χ2v) is 5.99. The Labute approximate surface area is 138 Å². The van der Waals surface area contributed by atoms with Gasteiger partial charge in [-0.2, -0.15) is 0 Å². The Morgan fingerprint density at radius 3 is 2.52 bits per heavy atom. The lowest BCUT2D eigenvalue weighted by Crippen LogP contribution is -2.38. The second-order valence-electron chi connectivity index (χ2n) is 4.84. The number of hydrogen-bond acceptors (Lipinski definition) is 4. The number of ether oxygens (including phenoxy) is 1. The van der Waals surface area contributed by atoms with Crippen LogP contribution in [0.5, 0.6) is 0 Å². The first-order valence-electron chi connectivity index (χ1n) is 7.02. The summed E-state index contributed by atoms with van der Waals surface area (Å²) in [7, 11) is 0. The van der Waals surface area contributed by atoms with Crippen LogP contribution >= 0.6 is 11.8 Å². The molecule has 0 saturated carbocycles. The van der Waals surface area contributed by atoms with Crippen LogP contribution in [0.15, 0.2) is 64.4 Å². The highest BCUT2D eigenvalue weighted by Gasteiger charge is 2.14. The summed E-state index contributed by atoms with van der Waals surface area (Å²) in [5, 5.41) is 11.0. The molecule has 23 heavy (non-hydrogen) atoms. The van der Waals surface area contributed by atoms with Crippen LogP contribution in [0.2, 0.25) is 0 Å². The maximum atomic E-state index is 11.5. The van der Waals surface area contributed by atoms with Crippen molar-refractivity contribution >= 4 is 23.8 Å². The Bertz CT molecular complexity index is 675. The molecule has 2 aromatic rings. The molecule has 0 aliphatic heterocycles. The van der Waals surface area contributed by atoms with Gasteiger partial charge in [0.2, 0.25) is 0 Å². The summed E-state index contributed by atoms with van der Waals surface area (Å²) in [6.45, 7) is 1.46. The van der Waals surface area contributed by atoms with E-state index in [2.05, 4.69) is 5.32 Å². The predicted octanol–water partition coefficient (Wildman–Crippen LogP) is 3.54. The lowest BCUT2D eigenvalue weighted by molar-refractivity contribution is -0.138. The van der Waals surface area contributed by atoms with E-state index in [1.807, 2.05) is 54.6 Å². The molecule has 2 N–H and O–H groups in total. The van der Waals surface area contributed by atoms with Crippen LogP contribution in [0.3, 0.4) is 0 Å². The summed E-state index contributed by atoms with van der Waals surface area (Å²) in [6.07, 6.45) is -0.749. The zero-order valence-corrected chi connectivity index (χ0v) is 13.4. The average molecular weight is 331 g/mol. The number of carbonyl (C=O) groups excluding carboxylic acids is 1. The van der Waals surface area contributed by atoms with Crippen LogP contribution in [0, 0.1) is 0 Å². The van der Waals surface area contributed by atoms with Gasteiger partial charge in [-0.15, -0.1) is 0 Å². The molecular formula is C17H17NO4S. The van der Waals surface area contributed by atoms with E-state index in [4.69, 9.17) is 9.84 Å². The Morgan fingerprint density at radius 2 is 1.83 bits per heavy atom. The number of benzene rings is 2.